The summed E-state index contributed by atoms with van der Waals surface area (Å²) in [5, 5.41) is 11.6. The lowest BCUT2D eigenvalue weighted by atomic mass is 10.1. The fraction of sp³-hybridized carbons (Fsp3) is 0.786. The number of carboxylic acid groups (broad SMARTS) is 1. The molecule has 2 aliphatic rings. The number of nitrogens with one attached hydrogen (secondary N) is 1. The summed E-state index contributed by atoms with van der Waals surface area (Å²) in [4.78, 5) is 36.3. The highest BCUT2D eigenvalue weighted by Crippen LogP contribution is 2.34. The highest BCUT2D eigenvalue weighted by molar-refractivity contribution is 5.87. The van der Waals surface area contributed by atoms with Crippen molar-refractivity contribution < 1.29 is 33.7 Å². The summed E-state index contributed by atoms with van der Waals surface area (Å²) in [5.41, 5.74) is -0.681. The fourth-order valence-electron chi connectivity index (χ4n) is 2.59. The number of carboxylic acids is 1. The van der Waals surface area contributed by atoms with Crippen LogP contribution in [0.15, 0.2) is 0 Å². The van der Waals surface area contributed by atoms with Crippen LogP contribution in [0.5, 0.6) is 0 Å². The van der Waals surface area contributed by atoms with Crippen LogP contribution in [0.25, 0.3) is 0 Å². The second-order valence-electron chi connectivity index (χ2n) is 6.54. The van der Waals surface area contributed by atoms with Crippen LogP contribution in [-0.4, -0.2) is 71.7 Å². The predicted octanol–water partition coefficient (Wildman–Crippen LogP) is -0.0603. The van der Waals surface area contributed by atoms with Gasteiger partial charge in [-0.2, -0.15) is 0 Å². The molecule has 9 heteroatoms. The summed E-state index contributed by atoms with van der Waals surface area (Å²) < 4.78 is 16.0. The molecule has 1 atom stereocenters. The number of carbonyl (C=O) groups excluding carboxylic acids is 2. The van der Waals surface area contributed by atoms with Crippen LogP contribution in [0, 0.1) is 0 Å². The molecule has 2 fully saturated rings. The predicted molar refractivity (Wildman–Crippen MR) is 76.6 cm³/mol. The van der Waals surface area contributed by atoms with E-state index >= 15 is 0 Å². The first-order chi connectivity index (χ1) is 10.6. The number of aliphatic carboxylic acids is 1. The molecule has 2 heterocycles. The summed E-state index contributed by atoms with van der Waals surface area (Å²) in [6.07, 6.45) is -0.666. The standard InChI is InChI=1S/C14H22N2O7/c1-13(2,3)23-12(20)15-7-10(17)16-8-14(21-4-5-22-14)6-9(16)11(18)19/h9H,4-8H2,1-3H3,(H,15,20)(H,18,19)/t9-/m0/s1. The number of rotatable bonds is 3. The van der Waals surface area contributed by atoms with E-state index in [9.17, 15) is 19.5 Å². The summed E-state index contributed by atoms with van der Waals surface area (Å²) in [6.45, 7) is 5.51. The monoisotopic (exact) mass is 330 g/mol. The van der Waals surface area contributed by atoms with E-state index in [1.807, 2.05) is 0 Å². The molecule has 2 N–H and O–H groups in total. The van der Waals surface area contributed by atoms with Crippen molar-refractivity contribution in [1.29, 1.82) is 0 Å². The first-order valence-electron chi connectivity index (χ1n) is 7.39. The molecule has 0 aromatic rings. The molecular weight excluding hydrogens is 308 g/mol. The Morgan fingerprint density at radius 2 is 1.91 bits per heavy atom. The lowest BCUT2D eigenvalue weighted by Crippen LogP contribution is -2.47. The zero-order valence-electron chi connectivity index (χ0n) is 13.5. The smallest absolute Gasteiger partial charge is 0.408 e. The number of hydrogen-bond donors (Lipinski definition) is 2. The number of nitrogens with zero attached hydrogens (tertiary/aromatic N) is 1. The molecule has 0 aliphatic carbocycles. The van der Waals surface area contributed by atoms with Gasteiger partial charge in [0, 0.05) is 6.42 Å². The molecule has 2 amide bonds. The Balaban J connectivity index is 1.94. The number of alkyl carbamates (subject to hydrolysis) is 1. The lowest BCUT2D eigenvalue weighted by molar-refractivity contribution is -0.152. The van der Waals surface area contributed by atoms with Gasteiger partial charge < -0.3 is 29.5 Å². The summed E-state index contributed by atoms with van der Waals surface area (Å²) in [7, 11) is 0. The quantitative estimate of drug-likeness (QED) is 0.745. The zero-order chi connectivity index (χ0) is 17.3. The summed E-state index contributed by atoms with van der Waals surface area (Å²) in [5.74, 6) is -2.71. The van der Waals surface area contributed by atoms with E-state index in [-0.39, 0.29) is 19.5 Å². The molecule has 2 rings (SSSR count). The maximum Gasteiger partial charge on any atom is 0.408 e. The topological polar surface area (TPSA) is 114 Å². The van der Waals surface area contributed by atoms with Gasteiger partial charge in [0.1, 0.15) is 18.2 Å². The molecule has 0 aromatic carbocycles. The molecule has 1 spiro atoms. The van der Waals surface area contributed by atoms with Crippen molar-refractivity contribution >= 4 is 18.0 Å². The fourth-order valence-corrected chi connectivity index (χ4v) is 2.59. The van der Waals surface area contributed by atoms with E-state index in [0.29, 0.717) is 13.2 Å². The molecule has 0 aromatic heterocycles. The van der Waals surface area contributed by atoms with Crippen molar-refractivity contribution in [3.8, 4) is 0 Å². The first-order valence-corrected chi connectivity index (χ1v) is 7.39. The second-order valence-corrected chi connectivity index (χ2v) is 6.54. The van der Waals surface area contributed by atoms with Crippen molar-refractivity contribution in [3.05, 3.63) is 0 Å². The van der Waals surface area contributed by atoms with Gasteiger partial charge in [0.15, 0.2) is 5.79 Å². The average molecular weight is 330 g/mol. The Labute approximate surface area is 133 Å². The normalized spacial score (nSPS) is 23.1. The van der Waals surface area contributed by atoms with Crippen LogP contribution in [0.1, 0.15) is 27.2 Å². The van der Waals surface area contributed by atoms with Crippen molar-refractivity contribution in [1.82, 2.24) is 10.2 Å². The molecular formula is C14H22N2O7. The van der Waals surface area contributed by atoms with Crippen LogP contribution in [0.2, 0.25) is 0 Å². The van der Waals surface area contributed by atoms with Gasteiger partial charge in [-0.15, -0.1) is 0 Å². The first kappa shape index (κ1) is 17.5. The van der Waals surface area contributed by atoms with E-state index in [4.69, 9.17) is 14.2 Å². The van der Waals surface area contributed by atoms with Crippen LogP contribution in [0.4, 0.5) is 4.79 Å². The Morgan fingerprint density at radius 1 is 1.30 bits per heavy atom. The van der Waals surface area contributed by atoms with Gasteiger partial charge in [-0.1, -0.05) is 0 Å². The van der Waals surface area contributed by atoms with Crippen molar-refractivity contribution in [2.45, 2.75) is 44.6 Å². The van der Waals surface area contributed by atoms with E-state index in [0.717, 1.165) is 4.90 Å². The molecule has 9 nitrogen and oxygen atoms in total. The number of carbonyl (C=O) groups is 3. The molecule has 130 valence electrons. The molecule has 0 saturated carbocycles. The molecule has 2 saturated heterocycles. The van der Waals surface area contributed by atoms with E-state index in [1.54, 1.807) is 20.8 Å². The van der Waals surface area contributed by atoms with Gasteiger partial charge in [0.25, 0.3) is 0 Å². The van der Waals surface area contributed by atoms with E-state index < -0.39 is 35.4 Å². The zero-order valence-corrected chi connectivity index (χ0v) is 13.5. The van der Waals surface area contributed by atoms with Gasteiger partial charge in [0.05, 0.1) is 19.8 Å². The largest absolute Gasteiger partial charge is 0.480 e. The number of ether oxygens (including phenoxy) is 3. The Bertz CT molecular complexity index is 494. The van der Waals surface area contributed by atoms with Gasteiger partial charge in [0.2, 0.25) is 5.91 Å². The second kappa shape index (κ2) is 6.32. The van der Waals surface area contributed by atoms with E-state index in [1.165, 1.54) is 0 Å². The highest BCUT2D eigenvalue weighted by Gasteiger charge is 2.52. The maximum atomic E-state index is 12.3. The molecule has 0 bridgehead atoms. The van der Waals surface area contributed by atoms with Crippen molar-refractivity contribution in [2.24, 2.45) is 0 Å². The lowest BCUT2D eigenvalue weighted by Gasteiger charge is -2.24. The molecule has 2 aliphatic heterocycles. The third-order valence-corrected chi connectivity index (χ3v) is 3.49. The van der Waals surface area contributed by atoms with E-state index in [2.05, 4.69) is 5.32 Å². The minimum Gasteiger partial charge on any atom is -0.480 e. The van der Waals surface area contributed by atoms with Gasteiger partial charge in [-0.25, -0.2) is 9.59 Å². The Kier molecular flexibility index (Phi) is 4.81. The number of likely N-dealkylation sites (tertiary alicyclic amines) is 1. The molecule has 0 radical (unpaired) electrons. The minimum absolute atomic E-state index is 0.0266. The van der Waals surface area contributed by atoms with Crippen LogP contribution in [-0.2, 0) is 23.8 Å². The highest BCUT2D eigenvalue weighted by atomic mass is 16.7. The Hall–Kier alpha value is -1.87. The molecule has 0 unspecified atom stereocenters. The van der Waals surface area contributed by atoms with Crippen LogP contribution in [0.3, 0.4) is 0 Å². The van der Waals surface area contributed by atoms with Crippen molar-refractivity contribution in [3.63, 3.8) is 0 Å². The van der Waals surface area contributed by atoms with Crippen molar-refractivity contribution in [2.75, 3.05) is 26.3 Å². The Morgan fingerprint density at radius 3 is 2.43 bits per heavy atom. The van der Waals surface area contributed by atoms with Crippen LogP contribution >= 0.6 is 0 Å². The number of amides is 2. The molecule has 23 heavy (non-hydrogen) atoms. The summed E-state index contributed by atoms with van der Waals surface area (Å²) in [6, 6.07) is -1.04. The third kappa shape index (κ3) is 4.32. The van der Waals surface area contributed by atoms with Gasteiger partial charge in [-0.05, 0) is 20.8 Å². The van der Waals surface area contributed by atoms with Gasteiger partial charge in [-0.3, -0.25) is 4.79 Å². The SMILES string of the molecule is CC(C)(C)OC(=O)NCC(=O)N1CC2(C[C@H]1C(=O)O)OCCO2. The average Bonchev–Trinajstić information content (AvgIpc) is 3.02. The van der Waals surface area contributed by atoms with Crippen LogP contribution < -0.4 is 5.32 Å². The maximum absolute atomic E-state index is 12.3. The van der Waals surface area contributed by atoms with Gasteiger partial charge >= 0.3 is 12.1 Å². The number of hydrogen-bond acceptors (Lipinski definition) is 6. The minimum atomic E-state index is -1.13. The summed E-state index contributed by atoms with van der Waals surface area (Å²) >= 11 is 0. The third-order valence-electron chi connectivity index (χ3n) is 3.49.